The summed E-state index contributed by atoms with van der Waals surface area (Å²) in [6.45, 7) is 6.50. The third kappa shape index (κ3) is 4.65. The first-order valence-electron chi connectivity index (χ1n) is 9.89. The maximum Gasteiger partial charge on any atom is 0.262 e. The second kappa shape index (κ2) is 8.80. The number of thioether (sulfide) groups is 1. The lowest BCUT2D eigenvalue weighted by atomic mass is 10.2. The molecule has 0 saturated carbocycles. The van der Waals surface area contributed by atoms with Gasteiger partial charge in [0.2, 0.25) is 12.7 Å². The summed E-state index contributed by atoms with van der Waals surface area (Å²) in [4.78, 5) is 30.6. The van der Waals surface area contributed by atoms with Crippen LogP contribution >= 0.6 is 23.4 Å². The van der Waals surface area contributed by atoms with Crippen molar-refractivity contribution in [2.75, 3.05) is 12.1 Å². The summed E-state index contributed by atoms with van der Waals surface area (Å²) in [6.07, 6.45) is 0. The summed E-state index contributed by atoms with van der Waals surface area (Å²) in [5.74, 6) is 1.27. The fourth-order valence-electron chi connectivity index (χ4n) is 3.22. The van der Waals surface area contributed by atoms with Crippen LogP contribution in [0.4, 0.5) is 5.69 Å². The Labute approximate surface area is 188 Å². The van der Waals surface area contributed by atoms with E-state index in [1.807, 2.05) is 13.8 Å². The summed E-state index contributed by atoms with van der Waals surface area (Å²) in [6, 6.07) is 10.3. The van der Waals surface area contributed by atoms with Crippen molar-refractivity contribution in [2.24, 2.45) is 5.92 Å². The van der Waals surface area contributed by atoms with Crippen LogP contribution in [0.5, 0.6) is 11.5 Å². The zero-order valence-corrected chi connectivity index (χ0v) is 18.9. The van der Waals surface area contributed by atoms with Crippen LogP contribution in [-0.2, 0) is 11.3 Å². The molecule has 1 atom stereocenters. The van der Waals surface area contributed by atoms with E-state index in [-0.39, 0.29) is 24.2 Å². The summed E-state index contributed by atoms with van der Waals surface area (Å²) >= 11 is 7.32. The van der Waals surface area contributed by atoms with E-state index in [1.54, 1.807) is 47.9 Å². The Balaban J connectivity index is 1.59. The first kappa shape index (κ1) is 21.5. The highest BCUT2D eigenvalue weighted by molar-refractivity contribution is 8.00. The monoisotopic (exact) mass is 459 g/mol. The molecule has 31 heavy (non-hydrogen) atoms. The third-order valence-corrected chi connectivity index (χ3v) is 6.05. The number of ether oxygens (including phenoxy) is 2. The molecule has 3 aromatic rings. The zero-order valence-electron chi connectivity index (χ0n) is 17.3. The molecule has 0 bridgehead atoms. The number of hydrogen-bond donors (Lipinski definition) is 1. The Morgan fingerprint density at radius 1 is 1.19 bits per heavy atom. The number of hydrogen-bond acceptors (Lipinski definition) is 6. The average Bonchev–Trinajstić information content (AvgIpc) is 3.19. The minimum atomic E-state index is -0.486. The molecule has 1 N–H and O–H groups in total. The van der Waals surface area contributed by atoms with Crippen molar-refractivity contribution in [1.29, 1.82) is 0 Å². The van der Waals surface area contributed by atoms with E-state index in [0.29, 0.717) is 44.8 Å². The van der Waals surface area contributed by atoms with Gasteiger partial charge in [-0.3, -0.25) is 14.2 Å². The SMILES string of the molecule is CC(C)Cn1c(SC(C)C(=O)Nc2ccc3c(c2)OCO3)nc2ccc(Cl)cc2c1=O. The van der Waals surface area contributed by atoms with E-state index in [9.17, 15) is 9.59 Å². The van der Waals surface area contributed by atoms with Crippen LogP contribution in [0.1, 0.15) is 20.8 Å². The van der Waals surface area contributed by atoms with Gasteiger partial charge in [-0.2, -0.15) is 0 Å². The number of anilines is 1. The first-order valence-corrected chi connectivity index (χ1v) is 11.1. The number of rotatable bonds is 6. The molecule has 1 unspecified atom stereocenters. The molecule has 9 heteroatoms. The molecule has 7 nitrogen and oxygen atoms in total. The third-order valence-electron chi connectivity index (χ3n) is 4.72. The van der Waals surface area contributed by atoms with Gasteiger partial charge >= 0.3 is 0 Å². The number of carbonyl (C=O) groups excluding carboxylic acids is 1. The lowest BCUT2D eigenvalue weighted by molar-refractivity contribution is -0.115. The molecule has 1 amide bonds. The first-order chi connectivity index (χ1) is 14.8. The molecule has 4 rings (SSSR count). The molecule has 1 aliphatic rings. The summed E-state index contributed by atoms with van der Waals surface area (Å²) in [5, 5.41) is 3.85. The van der Waals surface area contributed by atoms with Crippen LogP contribution in [0, 0.1) is 5.92 Å². The molecule has 2 aromatic carbocycles. The van der Waals surface area contributed by atoms with Gasteiger partial charge in [-0.15, -0.1) is 0 Å². The Morgan fingerprint density at radius 3 is 2.74 bits per heavy atom. The van der Waals surface area contributed by atoms with Crippen molar-refractivity contribution in [3.05, 3.63) is 51.8 Å². The van der Waals surface area contributed by atoms with Gasteiger partial charge in [-0.25, -0.2) is 4.98 Å². The van der Waals surface area contributed by atoms with Crippen molar-refractivity contribution in [1.82, 2.24) is 9.55 Å². The standard InChI is InChI=1S/C22H22ClN3O4S/c1-12(2)10-26-21(28)16-8-14(23)4-6-17(16)25-22(26)31-13(3)20(27)24-15-5-7-18-19(9-15)30-11-29-18/h4-9,12-13H,10-11H2,1-3H3,(H,24,27). The highest BCUT2D eigenvalue weighted by Crippen LogP contribution is 2.34. The van der Waals surface area contributed by atoms with Crippen LogP contribution in [0.25, 0.3) is 10.9 Å². The van der Waals surface area contributed by atoms with Gasteiger partial charge < -0.3 is 14.8 Å². The quantitative estimate of drug-likeness (QED) is 0.430. The average molecular weight is 460 g/mol. The Kier molecular flexibility index (Phi) is 6.11. The number of fused-ring (bicyclic) bond motifs is 2. The van der Waals surface area contributed by atoms with Gasteiger partial charge in [0.25, 0.3) is 5.56 Å². The zero-order chi connectivity index (χ0) is 22.1. The summed E-state index contributed by atoms with van der Waals surface area (Å²) in [7, 11) is 0. The van der Waals surface area contributed by atoms with E-state index in [2.05, 4.69) is 10.3 Å². The maximum atomic E-state index is 13.1. The smallest absolute Gasteiger partial charge is 0.262 e. The van der Waals surface area contributed by atoms with Crippen LogP contribution in [0.15, 0.2) is 46.3 Å². The normalized spacial score (nSPS) is 13.6. The molecule has 0 radical (unpaired) electrons. The van der Waals surface area contributed by atoms with E-state index in [4.69, 9.17) is 21.1 Å². The van der Waals surface area contributed by atoms with Gasteiger partial charge in [0.15, 0.2) is 16.7 Å². The molecule has 0 spiro atoms. The largest absolute Gasteiger partial charge is 0.454 e. The predicted octanol–water partition coefficient (Wildman–Crippen LogP) is 4.55. The van der Waals surface area contributed by atoms with Crippen molar-refractivity contribution in [2.45, 2.75) is 37.7 Å². The van der Waals surface area contributed by atoms with E-state index >= 15 is 0 Å². The highest BCUT2D eigenvalue weighted by atomic mass is 35.5. The Morgan fingerprint density at radius 2 is 1.97 bits per heavy atom. The fourth-order valence-corrected chi connectivity index (χ4v) is 4.31. The summed E-state index contributed by atoms with van der Waals surface area (Å²) in [5.41, 5.74) is 1.01. The van der Waals surface area contributed by atoms with Crippen molar-refractivity contribution < 1.29 is 14.3 Å². The van der Waals surface area contributed by atoms with Crippen LogP contribution < -0.4 is 20.3 Å². The van der Waals surface area contributed by atoms with E-state index in [1.165, 1.54) is 11.8 Å². The topological polar surface area (TPSA) is 82.5 Å². The molecule has 162 valence electrons. The number of halogens is 1. The highest BCUT2D eigenvalue weighted by Gasteiger charge is 2.21. The molecular formula is C22H22ClN3O4S. The van der Waals surface area contributed by atoms with Gasteiger partial charge in [0.05, 0.1) is 16.2 Å². The Bertz CT molecular complexity index is 1210. The number of benzene rings is 2. The second-order valence-electron chi connectivity index (χ2n) is 7.68. The number of nitrogens with zero attached hydrogens (tertiary/aromatic N) is 2. The van der Waals surface area contributed by atoms with Crippen molar-refractivity contribution in [3.63, 3.8) is 0 Å². The van der Waals surface area contributed by atoms with Gasteiger partial charge in [0, 0.05) is 23.3 Å². The van der Waals surface area contributed by atoms with E-state index in [0.717, 1.165) is 0 Å². The van der Waals surface area contributed by atoms with Crippen LogP contribution in [0.3, 0.4) is 0 Å². The minimum absolute atomic E-state index is 0.160. The van der Waals surface area contributed by atoms with Crippen LogP contribution in [-0.4, -0.2) is 27.5 Å². The predicted molar refractivity (Wildman–Crippen MR) is 122 cm³/mol. The maximum absolute atomic E-state index is 13.1. The van der Waals surface area contributed by atoms with Crippen molar-refractivity contribution in [3.8, 4) is 11.5 Å². The van der Waals surface area contributed by atoms with E-state index < -0.39 is 5.25 Å². The lowest BCUT2D eigenvalue weighted by Gasteiger charge is -2.17. The number of carbonyl (C=O) groups is 1. The van der Waals surface area contributed by atoms with Crippen LogP contribution in [0.2, 0.25) is 5.02 Å². The Hall–Kier alpha value is -2.71. The molecule has 1 aliphatic heterocycles. The molecule has 1 aromatic heterocycles. The minimum Gasteiger partial charge on any atom is -0.454 e. The number of amides is 1. The molecule has 2 heterocycles. The number of nitrogens with one attached hydrogen (secondary N) is 1. The van der Waals surface area contributed by atoms with Gasteiger partial charge in [-0.05, 0) is 43.2 Å². The van der Waals surface area contributed by atoms with Gasteiger partial charge in [-0.1, -0.05) is 37.2 Å². The molecular weight excluding hydrogens is 438 g/mol. The number of aromatic nitrogens is 2. The molecule has 0 fully saturated rings. The second-order valence-corrected chi connectivity index (χ2v) is 9.43. The fraction of sp³-hybridized carbons (Fsp3) is 0.318. The van der Waals surface area contributed by atoms with Gasteiger partial charge in [0.1, 0.15) is 0 Å². The molecule has 0 saturated heterocycles. The van der Waals surface area contributed by atoms with Crippen molar-refractivity contribution >= 4 is 45.9 Å². The molecule has 0 aliphatic carbocycles. The summed E-state index contributed by atoms with van der Waals surface area (Å²) < 4.78 is 12.3. The lowest BCUT2D eigenvalue weighted by Crippen LogP contribution is -2.28.